The van der Waals surface area contributed by atoms with Gasteiger partial charge in [-0.2, -0.15) is 0 Å². The van der Waals surface area contributed by atoms with Crippen LogP contribution in [0.1, 0.15) is 32.4 Å². The number of nitrogens with one attached hydrogen (secondary N) is 2. The molecule has 2 amide bonds. The summed E-state index contributed by atoms with van der Waals surface area (Å²) in [6.07, 6.45) is 1.54. The number of amides is 2. The minimum atomic E-state index is -0.470. The summed E-state index contributed by atoms with van der Waals surface area (Å²) in [5.41, 5.74) is 1.33. The van der Waals surface area contributed by atoms with Crippen LogP contribution in [0.15, 0.2) is 57.7 Å². The molecular weight excluding hydrogens is 310 g/mol. The normalized spacial score (nSPS) is 10.4. The summed E-state index contributed by atoms with van der Waals surface area (Å²) in [6.45, 7) is 1.98. The number of hydrogen-bond donors (Lipinski definition) is 2. The van der Waals surface area contributed by atoms with E-state index in [0.29, 0.717) is 22.7 Å². The second-order valence-corrected chi connectivity index (χ2v) is 5.09. The molecule has 0 aliphatic heterocycles. The molecule has 24 heavy (non-hydrogen) atoms. The first-order valence-corrected chi connectivity index (χ1v) is 7.28. The van der Waals surface area contributed by atoms with Gasteiger partial charge >= 0.3 is 0 Å². The Morgan fingerprint density at radius 1 is 1.12 bits per heavy atom. The molecule has 0 aliphatic carbocycles. The third-order valence-corrected chi connectivity index (χ3v) is 3.27. The fourth-order valence-corrected chi connectivity index (χ4v) is 2.12. The molecule has 3 aromatic rings. The molecule has 7 nitrogen and oxygen atoms in total. The predicted octanol–water partition coefficient (Wildman–Crippen LogP) is 2.76. The van der Waals surface area contributed by atoms with Gasteiger partial charge in [-0.3, -0.25) is 9.59 Å². The fourth-order valence-electron chi connectivity index (χ4n) is 2.12. The number of furan rings is 1. The van der Waals surface area contributed by atoms with Crippen LogP contribution in [-0.4, -0.2) is 17.0 Å². The first-order valence-electron chi connectivity index (χ1n) is 7.28. The zero-order chi connectivity index (χ0) is 16.9. The number of hydrogen-bond acceptors (Lipinski definition) is 5. The molecule has 0 saturated carbocycles. The Morgan fingerprint density at radius 2 is 1.96 bits per heavy atom. The summed E-state index contributed by atoms with van der Waals surface area (Å²) in [7, 11) is 0. The summed E-state index contributed by atoms with van der Waals surface area (Å²) in [4.78, 5) is 24.5. The molecule has 0 atom stereocenters. The molecule has 2 aromatic heterocycles. The Labute approximate surface area is 137 Å². The zero-order valence-electron chi connectivity index (χ0n) is 12.9. The minimum Gasteiger partial charge on any atom is -0.467 e. The molecular formula is C17H15N3O4. The van der Waals surface area contributed by atoms with Gasteiger partial charge in [0.25, 0.3) is 11.8 Å². The summed E-state index contributed by atoms with van der Waals surface area (Å²) in [5, 5.41) is 9.07. The topological polar surface area (TPSA) is 97.4 Å². The highest BCUT2D eigenvalue weighted by atomic mass is 16.5. The van der Waals surface area contributed by atoms with Crippen LogP contribution in [0.2, 0.25) is 0 Å². The van der Waals surface area contributed by atoms with Crippen LogP contribution >= 0.6 is 0 Å². The number of aryl methyl sites for hydroxylation is 1. The molecule has 0 fully saturated rings. The van der Waals surface area contributed by atoms with Crippen molar-refractivity contribution in [3.05, 3.63) is 71.5 Å². The van der Waals surface area contributed by atoms with Crippen molar-refractivity contribution in [2.75, 3.05) is 5.32 Å². The van der Waals surface area contributed by atoms with Crippen molar-refractivity contribution in [2.45, 2.75) is 13.5 Å². The first kappa shape index (κ1) is 15.5. The summed E-state index contributed by atoms with van der Waals surface area (Å²) in [6, 6.07) is 11.7. The maximum Gasteiger partial charge on any atom is 0.294 e. The molecule has 0 aliphatic rings. The SMILES string of the molecule is Cc1cc(C(=O)Nc2ccccc2C(=O)NCc2ccco2)on1. The Bertz CT molecular complexity index is 852. The van der Waals surface area contributed by atoms with Crippen molar-refractivity contribution in [2.24, 2.45) is 0 Å². The van der Waals surface area contributed by atoms with E-state index < -0.39 is 5.91 Å². The van der Waals surface area contributed by atoms with Crippen LogP contribution in [0, 0.1) is 6.92 Å². The van der Waals surface area contributed by atoms with Crippen LogP contribution in [0.5, 0.6) is 0 Å². The van der Waals surface area contributed by atoms with Gasteiger partial charge in [0.05, 0.1) is 29.8 Å². The van der Waals surface area contributed by atoms with Gasteiger partial charge in [-0.1, -0.05) is 17.3 Å². The lowest BCUT2D eigenvalue weighted by molar-refractivity contribution is 0.0949. The molecule has 2 N–H and O–H groups in total. The van der Waals surface area contributed by atoms with Crippen LogP contribution in [0.4, 0.5) is 5.69 Å². The first-order chi connectivity index (χ1) is 11.6. The van der Waals surface area contributed by atoms with E-state index in [9.17, 15) is 9.59 Å². The quantitative estimate of drug-likeness (QED) is 0.752. The van der Waals surface area contributed by atoms with E-state index in [2.05, 4.69) is 15.8 Å². The Balaban J connectivity index is 1.72. The molecule has 0 bridgehead atoms. The third-order valence-electron chi connectivity index (χ3n) is 3.27. The molecule has 7 heteroatoms. The molecule has 0 unspecified atom stereocenters. The van der Waals surface area contributed by atoms with Gasteiger partial charge in [-0.05, 0) is 31.2 Å². The van der Waals surface area contributed by atoms with Gasteiger partial charge in [0.15, 0.2) is 0 Å². The van der Waals surface area contributed by atoms with Crippen molar-refractivity contribution in [1.29, 1.82) is 0 Å². The number of nitrogens with zero attached hydrogens (tertiary/aromatic N) is 1. The monoisotopic (exact) mass is 325 g/mol. The van der Waals surface area contributed by atoms with Crippen LogP contribution in [-0.2, 0) is 6.54 Å². The number of para-hydroxylation sites is 1. The van der Waals surface area contributed by atoms with Crippen LogP contribution < -0.4 is 10.6 Å². The van der Waals surface area contributed by atoms with Crippen molar-refractivity contribution < 1.29 is 18.5 Å². The number of aromatic nitrogens is 1. The van der Waals surface area contributed by atoms with Crippen molar-refractivity contribution >= 4 is 17.5 Å². The predicted molar refractivity (Wildman–Crippen MR) is 85.5 cm³/mol. The Morgan fingerprint density at radius 3 is 2.67 bits per heavy atom. The number of carbonyl (C=O) groups is 2. The third kappa shape index (κ3) is 3.52. The Hall–Kier alpha value is -3.35. The average Bonchev–Trinajstić information content (AvgIpc) is 3.24. The summed E-state index contributed by atoms with van der Waals surface area (Å²) >= 11 is 0. The molecule has 0 saturated heterocycles. The lowest BCUT2D eigenvalue weighted by Crippen LogP contribution is -2.24. The van der Waals surface area contributed by atoms with E-state index >= 15 is 0 Å². The van der Waals surface area contributed by atoms with E-state index in [-0.39, 0.29) is 18.2 Å². The number of benzene rings is 1. The Kier molecular flexibility index (Phi) is 4.42. The van der Waals surface area contributed by atoms with Crippen LogP contribution in [0.3, 0.4) is 0 Å². The van der Waals surface area contributed by atoms with Gasteiger partial charge in [0, 0.05) is 6.07 Å². The van der Waals surface area contributed by atoms with Crippen molar-refractivity contribution in [3.8, 4) is 0 Å². The van der Waals surface area contributed by atoms with Gasteiger partial charge in [-0.15, -0.1) is 0 Å². The number of anilines is 1. The molecule has 3 rings (SSSR count). The van der Waals surface area contributed by atoms with Gasteiger partial charge < -0.3 is 19.6 Å². The second-order valence-electron chi connectivity index (χ2n) is 5.09. The molecule has 2 heterocycles. The molecule has 0 radical (unpaired) electrons. The molecule has 0 spiro atoms. The maximum absolute atomic E-state index is 12.3. The lowest BCUT2D eigenvalue weighted by atomic mass is 10.1. The van der Waals surface area contributed by atoms with Crippen LogP contribution in [0.25, 0.3) is 0 Å². The van der Waals surface area contributed by atoms with Gasteiger partial charge in [0.1, 0.15) is 5.76 Å². The molecule has 122 valence electrons. The van der Waals surface area contributed by atoms with Crippen molar-refractivity contribution in [1.82, 2.24) is 10.5 Å². The van der Waals surface area contributed by atoms with E-state index in [1.807, 2.05) is 0 Å². The second kappa shape index (κ2) is 6.82. The maximum atomic E-state index is 12.3. The molecule has 1 aromatic carbocycles. The van der Waals surface area contributed by atoms with E-state index in [1.165, 1.54) is 12.3 Å². The lowest BCUT2D eigenvalue weighted by Gasteiger charge is -2.10. The highest BCUT2D eigenvalue weighted by molar-refractivity contribution is 6.07. The highest BCUT2D eigenvalue weighted by Crippen LogP contribution is 2.17. The smallest absolute Gasteiger partial charge is 0.294 e. The minimum absolute atomic E-state index is 0.0818. The number of carbonyl (C=O) groups excluding carboxylic acids is 2. The fraction of sp³-hybridized carbons (Fsp3) is 0.118. The highest BCUT2D eigenvalue weighted by Gasteiger charge is 2.16. The standard InChI is InChI=1S/C17H15N3O4/c1-11-9-15(24-20-11)17(22)19-14-7-3-2-6-13(14)16(21)18-10-12-5-4-8-23-12/h2-9H,10H2,1H3,(H,18,21)(H,19,22). The zero-order valence-corrected chi connectivity index (χ0v) is 12.9. The van der Waals surface area contributed by atoms with Gasteiger partial charge in [-0.25, -0.2) is 0 Å². The van der Waals surface area contributed by atoms with E-state index in [1.54, 1.807) is 43.3 Å². The van der Waals surface area contributed by atoms with Crippen molar-refractivity contribution in [3.63, 3.8) is 0 Å². The van der Waals surface area contributed by atoms with E-state index in [4.69, 9.17) is 8.94 Å². The van der Waals surface area contributed by atoms with Gasteiger partial charge in [0.2, 0.25) is 5.76 Å². The average molecular weight is 325 g/mol. The number of rotatable bonds is 5. The largest absolute Gasteiger partial charge is 0.467 e. The summed E-state index contributed by atoms with van der Waals surface area (Å²) < 4.78 is 10.1. The summed E-state index contributed by atoms with van der Waals surface area (Å²) in [5.74, 6) is -0.0711. The van der Waals surface area contributed by atoms with E-state index in [0.717, 1.165) is 0 Å².